The van der Waals surface area contributed by atoms with E-state index in [2.05, 4.69) is 20.7 Å². The number of primary amides is 1. The molecule has 438 valence electrons. The minimum Gasteiger partial charge on any atom is -0.495 e. The second-order valence-corrected chi connectivity index (χ2v) is 23.3. The summed E-state index contributed by atoms with van der Waals surface area (Å²) >= 11 is 6.84. The molecule has 10 atom stereocenters. The number of epoxide rings is 1. The molecule has 2 saturated heterocycles. The number of carbonyl (C=O) groups excluding carboxylic acids is 8. The number of urea groups is 1. The number of imide groups is 1. The van der Waals surface area contributed by atoms with E-state index in [0.29, 0.717) is 25.7 Å². The van der Waals surface area contributed by atoms with Crippen LogP contribution in [0.5, 0.6) is 5.75 Å². The molecule has 4 aliphatic rings. The maximum atomic E-state index is 14.5. The normalized spacial score (nSPS) is 26.6. The number of rotatable bonds is 22. The second-order valence-electron chi connectivity index (χ2n) is 21.1. The van der Waals surface area contributed by atoms with E-state index in [9.17, 15) is 51.9 Å². The maximum absolute atomic E-state index is 14.5. The highest BCUT2D eigenvalue weighted by molar-refractivity contribution is 7.89. The molecule has 79 heavy (non-hydrogen) atoms. The number of halogens is 1. The number of likely N-dealkylation sites (N-methyl/N-ethyl adjacent to an activating group) is 1. The van der Waals surface area contributed by atoms with Crippen molar-refractivity contribution in [1.29, 1.82) is 0 Å². The number of nitrogens with two attached hydrogens (primary N) is 1. The van der Waals surface area contributed by atoms with Crippen LogP contribution in [0.25, 0.3) is 0 Å². The standard InChI is InChI=1S/C53H77ClN8O16S/c1-30(2)45(59-79(72,73)24-14-12-11-13-23-62-41(63)20-21-42(62)64)47(66)57-35(18-16-22-56-50(55)69)48(67)60(7)33(5)49(68)77-40-28-43(65)61(8)36-26-34(27-37(74-9)44(36)54)25-31(3)17-15-19-39(75-10)53(71)29-38(76-51(70)58-53)32(4)46-52(40,6)78-46/h15,17,19-21,26-27,30,32-33,35,38-40,45-46,59,71H,11-14,16,18,22-25,28-29H2,1-10H3,(H,57,66)(H,58,70)(H3,55,56,69)/b19-15+,31-17+/t32?,33-,35-,38?,39?,40?,45-,46?,52?,53?/m0/s1. The fourth-order valence-corrected chi connectivity index (χ4v) is 11.6. The van der Waals surface area contributed by atoms with Crippen LogP contribution in [0.3, 0.4) is 0 Å². The van der Waals surface area contributed by atoms with Crippen molar-refractivity contribution < 1.29 is 75.6 Å². The Kier molecular flexibility index (Phi) is 22.1. The Morgan fingerprint density at radius 3 is 2.34 bits per heavy atom. The number of esters is 1. The number of methoxy groups -OCH3 is 2. The lowest BCUT2D eigenvalue weighted by Crippen LogP contribution is -2.63. The fourth-order valence-electron chi connectivity index (χ4n) is 9.79. The van der Waals surface area contributed by atoms with Crippen LogP contribution in [-0.2, 0) is 64.2 Å². The summed E-state index contributed by atoms with van der Waals surface area (Å²) in [4.78, 5) is 109. The average Bonchev–Trinajstić information content (AvgIpc) is 4.21. The van der Waals surface area contributed by atoms with Gasteiger partial charge in [-0.2, -0.15) is 0 Å². The van der Waals surface area contributed by atoms with Crippen molar-refractivity contribution >= 4 is 74.9 Å². The number of unbranched alkanes of at least 4 members (excludes halogenated alkanes) is 3. The quantitative estimate of drug-likeness (QED) is 0.0421. The van der Waals surface area contributed by atoms with Gasteiger partial charge in [-0.05, 0) is 76.5 Å². The summed E-state index contributed by atoms with van der Waals surface area (Å²) in [7, 11) is 1.57. The Morgan fingerprint density at radius 1 is 1.04 bits per heavy atom. The van der Waals surface area contributed by atoms with Gasteiger partial charge in [0.05, 0.1) is 31.1 Å². The zero-order valence-corrected chi connectivity index (χ0v) is 48.1. The van der Waals surface area contributed by atoms with Crippen LogP contribution in [0.15, 0.2) is 48.1 Å². The Hall–Kier alpha value is -6.12. The van der Waals surface area contributed by atoms with Gasteiger partial charge in [0, 0.05) is 58.8 Å². The molecule has 0 aromatic heterocycles. The van der Waals surface area contributed by atoms with E-state index in [4.69, 9.17) is 41.0 Å². The van der Waals surface area contributed by atoms with Crippen molar-refractivity contribution in [2.24, 2.45) is 17.6 Å². The van der Waals surface area contributed by atoms with Gasteiger partial charge in [0.25, 0.3) is 11.8 Å². The number of ether oxygens (including phenoxy) is 5. The molecule has 2 fully saturated rings. The van der Waals surface area contributed by atoms with E-state index >= 15 is 0 Å². The van der Waals surface area contributed by atoms with E-state index in [1.54, 1.807) is 52.0 Å². The zero-order valence-electron chi connectivity index (χ0n) is 46.5. The summed E-state index contributed by atoms with van der Waals surface area (Å²) in [5.41, 5.74) is 3.77. The van der Waals surface area contributed by atoms with Gasteiger partial charge in [-0.3, -0.25) is 34.2 Å². The largest absolute Gasteiger partial charge is 0.495 e. The van der Waals surface area contributed by atoms with Gasteiger partial charge in [-0.15, -0.1) is 0 Å². The van der Waals surface area contributed by atoms with E-state index in [1.807, 2.05) is 13.0 Å². The molecule has 4 heterocycles. The summed E-state index contributed by atoms with van der Waals surface area (Å²) < 4.78 is 58.6. The number of sulfonamides is 1. The first-order valence-electron chi connectivity index (χ1n) is 26.3. The third-order valence-electron chi connectivity index (χ3n) is 14.8. The molecule has 1 aromatic carbocycles. The number of fused-ring (bicyclic) bond motifs is 5. The van der Waals surface area contributed by atoms with Gasteiger partial charge < -0.3 is 55.0 Å². The molecule has 5 rings (SSSR count). The van der Waals surface area contributed by atoms with Gasteiger partial charge in [0.15, 0.2) is 5.72 Å². The molecule has 0 radical (unpaired) electrons. The smallest absolute Gasteiger partial charge is 0.409 e. The van der Waals surface area contributed by atoms with Gasteiger partial charge in [-0.1, -0.05) is 69.0 Å². The van der Waals surface area contributed by atoms with Gasteiger partial charge in [0.1, 0.15) is 52.8 Å². The van der Waals surface area contributed by atoms with Crippen molar-refractivity contribution in [2.75, 3.05) is 52.1 Å². The van der Waals surface area contributed by atoms with Crippen molar-refractivity contribution in [3.05, 3.63) is 58.7 Å². The topological polar surface area (TPSA) is 324 Å². The summed E-state index contributed by atoms with van der Waals surface area (Å²) in [6.45, 7) is 10.0. The molecular weight excluding hydrogens is 1070 g/mol. The fraction of sp³-hybridized carbons (Fsp3) is 0.623. The van der Waals surface area contributed by atoms with E-state index in [1.165, 1.54) is 52.3 Å². The molecule has 1 aromatic rings. The van der Waals surface area contributed by atoms with Crippen LogP contribution in [-0.4, -0.2) is 172 Å². The number of nitrogens with one attached hydrogen (secondary N) is 4. The molecule has 0 spiro atoms. The maximum Gasteiger partial charge on any atom is 0.409 e. The van der Waals surface area contributed by atoms with Gasteiger partial charge >= 0.3 is 18.1 Å². The summed E-state index contributed by atoms with van der Waals surface area (Å²) in [6, 6.07) is -1.48. The lowest BCUT2D eigenvalue weighted by molar-refractivity contribution is -0.162. The van der Waals surface area contributed by atoms with Crippen LogP contribution < -0.4 is 36.0 Å². The predicted octanol–water partition coefficient (Wildman–Crippen LogP) is 2.88. The molecule has 0 saturated carbocycles. The number of allylic oxidation sites excluding steroid dienone is 3. The zero-order chi connectivity index (χ0) is 58.7. The molecule has 8 amide bonds. The number of amides is 8. The molecule has 4 aliphatic heterocycles. The molecule has 7 unspecified atom stereocenters. The number of anilines is 1. The molecule has 26 heteroatoms. The third-order valence-corrected chi connectivity index (χ3v) is 16.6. The highest BCUT2D eigenvalue weighted by Gasteiger charge is 2.64. The van der Waals surface area contributed by atoms with E-state index in [0.717, 1.165) is 20.9 Å². The highest BCUT2D eigenvalue weighted by Crippen LogP contribution is 2.49. The van der Waals surface area contributed by atoms with Crippen LogP contribution >= 0.6 is 11.6 Å². The first kappa shape index (κ1) is 63.7. The Balaban J connectivity index is 1.37. The predicted molar refractivity (Wildman–Crippen MR) is 290 cm³/mol. The SMILES string of the molecule is COc1cc2cc(c1Cl)N(C)C(=O)CC(OC(=O)[C@H](C)N(C)C(=O)[C@H](CCCNC(N)=O)NC(=O)[C@@H](NS(=O)(=O)CCCCCCN1C(=O)C=CC1=O)C(C)C)C1(C)OC1C(C)C1CC(O)(NC(=O)O1)C(OC)/C=C/C=C(\C)C2. The Morgan fingerprint density at radius 2 is 1.71 bits per heavy atom. The van der Waals surface area contributed by atoms with Crippen LogP contribution in [0.4, 0.5) is 15.3 Å². The van der Waals surface area contributed by atoms with Crippen LogP contribution in [0, 0.1) is 11.8 Å². The molecule has 24 nitrogen and oxygen atoms in total. The Labute approximate surface area is 466 Å². The van der Waals surface area contributed by atoms with E-state index < -0.39 is 130 Å². The van der Waals surface area contributed by atoms with Crippen molar-refractivity contribution in [1.82, 2.24) is 30.5 Å². The first-order valence-corrected chi connectivity index (χ1v) is 28.3. The summed E-state index contributed by atoms with van der Waals surface area (Å²) in [5, 5.41) is 19.6. The van der Waals surface area contributed by atoms with Gasteiger partial charge in [-0.25, -0.2) is 27.5 Å². The monoisotopic (exact) mass is 1150 g/mol. The Bertz CT molecular complexity index is 2650. The third kappa shape index (κ3) is 16.5. The number of nitrogens with zero attached hydrogens (tertiary/aromatic N) is 3. The molecular formula is C53H77ClN8O16S. The minimum absolute atomic E-state index is 0.000754. The highest BCUT2D eigenvalue weighted by atomic mass is 35.5. The lowest BCUT2D eigenvalue weighted by atomic mass is 9.83. The molecule has 7 N–H and O–H groups in total. The summed E-state index contributed by atoms with van der Waals surface area (Å²) in [6.07, 6.45) is 3.79. The average molecular weight is 1150 g/mol. The number of hydrogen-bond acceptors (Lipinski definition) is 16. The van der Waals surface area contributed by atoms with Gasteiger partial charge in [0.2, 0.25) is 27.7 Å². The summed E-state index contributed by atoms with van der Waals surface area (Å²) in [5.74, 6) is -5.31. The van der Waals surface area contributed by atoms with Crippen molar-refractivity contribution in [3.8, 4) is 5.75 Å². The van der Waals surface area contributed by atoms with E-state index in [-0.39, 0.29) is 61.0 Å². The second kappa shape index (κ2) is 27.4. The molecule has 0 aliphatic carbocycles. The number of hydrogen-bond donors (Lipinski definition) is 6. The number of aliphatic hydroxyl groups is 1. The minimum atomic E-state index is -4.06. The van der Waals surface area contributed by atoms with Crippen LogP contribution in [0.1, 0.15) is 98.5 Å². The lowest BCUT2D eigenvalue weighted by Gasteiger charge is -2.42. The number of carbonyl (C=O) groups is 8. The van der Waals surface area contributed by atoms with Crippen molar-refractivity contribution in [3.63, 3.8) is 0 Å². The molecule has 4 bridgehead atoms. The number of alkyl carbamates (subject to hydrolysis) is 1. The first-order chi connectivity index (χ1) is 37.1. The van der Waals surface area contributed by atoms with Crippen molar-refractivity contribution in [2.45, 2.75) is 153 Å². The number of benzene rings is 1. The van der Waals surface area contributed by atoms with Crippen LogP contribution in [0.2, 0.25) is 5.02 Å².